The summed E-state index contributed by atoms with van der Waals surface area (Å²) in [5.41, 5.74) is 3.37. The zero-order chi connectivity index (χ0) is 29.0. The van der Waals surface area contributed by atoms with Gasteiger partial charge in [0, 0.05) is 0 Å². The Kier molecular flexibility index (Phi) is 8.08. The number of allylic oxidation sites excluding steroid dienone is 13. The van der Waals surface area contributed by atoms with Gasteiger partial charge >= 0.3 is 196 Å². The van der Waals surface area contributed by atoms with Crippen LogP contribution in [0.5, 0.6) is 0 Å². The minimum absolute atomic E-state index is 0.0538. The summed E-state index contributed by atoms with van der Waals surface area (Å²) in [6.45, 7) is 28.3. The van der Waals surface area contributed by atoms with E-state index in [2.05, 4.69) is 95.2 Å². The van der Waals surface area contributed by atoms with Gasteiger partial charge in [-0.25, -0.2) is 0 Å². The monoisotopic (exact) mass is 583 g/mol. The van der Waals surface area contributed by atoms with Gasteiger partial charge in [-0.3, -0.25) is 0 Å². The second kappa shape index (κ2) is 10.1. The molecule has 2 aliphatic heterocycles. The molecule has 1 radical (unpaired) electrons. The number of ketones is 1. The van der Waals surface area contributed by atoms with Crippen LogP contribution in [0.25, 0.3) is 0 Å². The molecule has 0 fully saturated rings. The molecule has 0 spiro atoms. The third kappa shape index (κ3) is 6.34. The molecule has 3 nitrogen and oxygen atoms in total. The van der Waals surface area contributed by atoms with Crippen LogP contribution in [0.2, 0.25) is 0 Å². The van der Waals surface area contributed by atoms with Crippen molar-refractivity contribution in [3.8, 4) is 0 Å². The van der Waals surface area contributed by atoms with Gasteiger partial charge in [0.1, 0.15) is 0 Å². The summed E-state index contributed by atoms with van der Waals surface area (Å²) in [7, 11) is 0. The average Bonchev–Trinajstić information content (AvgIpc) is 2.78. The van der Waals surface area contributed by atoms with Gasteiger partial charge in [-0.1, -0.05) is 41.5 Å². The first-order chi connectivity index (χ1) is 17.1. The average molecular weight is 583 g/mol. The molecule has 3 rings (SSSR count). The van der Waals surface area contributed by atoms with E-state index in [0.717, 1.165) is 28.2 Å². The predicted octanol–water partition coefficient (Wildman–Crippen LogP) is 8.70. The third-order valence-electron chi connectivity index (χ3n) is 6.84. The fourth-order valence-corrected chi connectivity index (χ4v) is 6.89. The van der Waals surface area contributed by atoms with Crippen molar-refractivity contribution >= 4 is 24.7 Å². The first-order valence-corrected chi connectivity index (χ1v) is 15.4. The Bertz CT molecular complexity index is 1240. The van der Waals surface area contributed by atoms with E-state index in [1.165, 1.54) is 8.89 Å². The zero-order valence-electron chi connectivity index (χ0n) is 25.8. The molecule has 0 aromatic heterocycles. The van der Waals surface area contributed by atoms with Crippen LogP contribution in [-0.4, -0.2) is 29.8 Å². The Labute approximate surface area is 236 Å². The van der Waals surface area contributed by atoms with E-state index in [1.807, 2.05) is 25.2 Å². The van der Waals surface area contributed by atoms with Crippen LogP contribution in [0.3, 0.4) is 0 Å². The van der Waals surface area contributed by atoms with Crippen molar-refractivity contribution in [2.45, 2.75) is 96.4 Å². The molecule has 0 aromatic carbocycles. The van der Waals surface area contributed by atoms with Gasteiger partial charge in [-0.05, 0) is 0 Å². The van der Waals surface area contributed by atoms with Crippen LogP contribution < -0.4 is 0 Å². The number of aliphatic hydroxyl groups excluding tert-OH is 1. The number of rotatable bonds is 3. The molecule has 3 aliphatic rings. The normalized spacial score (nSPS) is 20.3. The molecule has 0 atom stereocenters. The standard InChI is InChI=1S/C34H47O3Se/c1-14-22(21-18-24(31(2,3)4)37-25(19-21)32(5,6)7)28-29(35)23(30(28)36)15-20-16-26(33(8,9)10)38-27(17-20)34(11,12)13/h15-19,35H,14H2,1-13H3. The van der Waals surface area contributed by atoms with Crippen molar-refractivity contribution in [2.24, 2.45) is 21.7 Å². The molecule has 1 N–H and O–H groups in total. The van der Waals surface area contributed by atoms with Crippen molar-refractivity contribution in [3.63, 3.8) is 0 Å². The molecule has 1 aliphatic carbocycles. The zero-order valence-corrected chi connectivity index (χ0v) is 27.5. The van der Waals surface area contributed by atoms with E-state index in [0.29, 0.717) is 17.6 Å². The summed E-state index contributed by atoms with van der Waals surface area (Å²) >= 11 is 0.266. The quantitative estimate of drug-likeness (QED) is 0.268. The Morgan fingerprint density at radius 1 is 0.816 bits per heavy atom. The van der Waals surface area contributed by atoms with Crippen molar-refractivity contribution < 1.29 is 14.6 Å². The van der Waals surface area contributed by atoms with Crippen molar-refractivity contribution in [1.29, 1.82) is 0 Å². The Balaban J connectivity index is 2.15. The molecule has 2 heterocycles. The molecular formula is C34H47O3Se. The summed E-state index contributed by atoms with van der Waals surface area (Å²) < 4.78 is 9.12. The maximum absolute atomic E-state index is 13.6. The predicted molar refractivity (Wildman–Crippen MR) is 162 cm³/mol. The molecule has 0 unspecified atom stereocenters. The molecular weight excluding hydrogens is 535 g/mol. The van der Waals surface area contributed by atoms with Gasteiger partial charge in [0.05, 0.1) is 0 Å². The molecule has 0 amide bonds. The number of carbonyl (C=O) groups is 1. The van der Waals surface area contributed by atoms with Crippen LogP contribution >= 0.6 is 0 Å². The van der Waals surface area contributed by atoms with E-state index in [1.54, 1.807) is 0 Å². The number of hydrogen-bond acceptors (Lipinski definition) is 3. The van der Waals surface area contributed by atoms with E-state index in [-0.39, 0.29) is 47.7 Å². The number of aliphatic hydroxyl groups is 1. The Morgan fingerprint density at radius 2 is 1.34 bits per heavy atom. The third-order valence-corrected chi connectivity index (χ3v) is 10.8. The van der Waals surface area contributed by atoms with Crippen LogP contribution in [0, 0.1) is 21.7 Å². The second-order valence-corrected chi connectivity index (χ2v) is 16.9. The van der Waals surface area contributed by atoms with E-state index in [4.69, 9.17) is 4.74 Å². The number of hydrogen-bond donors (Lipinski definition) is 1. The van der Waals surface area contributed by atoms with Crippen LogP contribution in [-0.2, 0) is 9.53 Å². The van der Waals surface area contributed by atoms with Crippen molar-refractivity contribution in [1.82, 2.24) is 0 Å². The summed E-state index contributed by atoms with van der Waals surface area (Å²) in [5, 5.41) is 11.2. The number of ether oxygens (including phenoxy) is 1. The van der Waals surface area contributed by atoms with Gasteiger partial charge < -0.3 is 0 Å². The first kappa shape index (κ1) is 30.4. The molecule has 207 valence electrons. The molecule has 38 heavy (non-hydrogen) atoms. The topological polar surface area (TPSA) is 46.5 Å². The van der Waals surface area contributed by atoms with Crippen LogP contribution in [0.4, 0.5) is 0 Å². The molecule has 0 saturated heterocycles. The molecule has 4 heteroatoms. The summed E-state index contributed by atoms with van der Waals surface area (Å²) in [6, 6.07) is 0. The fourth-order valence-electron chi connectivity index (χ4n) is 4.29. The van der Waals surface area contributed by atoms with E-state index < -0.39 is 0 Å². The van der Waals surface area contributed by atoms with Gasteiger partial charge in [-0.15, -0.1) is 0 Å². The number of Topliss-reactive ketones (excluding diaryl/α,β-unsaturated/α-hetero) is 1. The Morgan fingerprint density at radius 3 is 1.74 bits per heavy atom. The Hall–Kier alpha value is -2.16. The summed E-state index contributed by atoms with van der Waals surface area (Å²) in [5.74, 6) is 1.75. The fraction of sp³-hybridized carbons (Fsp3) is 0.529. The molecule has 0 bridgehead atoms. The minimum atomic E-state index is -0.187. The molecule has 0 aromatic rings. The summed E-state index contributed by atoms with van der Waals surface area (Å²) in [4.78, 5) is 13.6. The SMILES string of the molecule is CCC(=C1C=C(C(C)(C)C)OC(C(C)(C)C)=C1)C1=C(O)C(=CC2=CC(C(C)(C)C)=[Se]C(C(C)(C)C)=C2)C1=O. The molecule has 0 saturated carbocycles. The first-order valence-electron chi connectivity index (χ1n) is 13.7. The van der Waals surface area contributed by atoms with Gasteiger partial charge in [0.25, 0.3) is 0 Å². The van der Waals surface area contributed by atoms with Crippen LogP contribution in [0.15, 0.2) is 80.0 Å². The van der Waals surface area contributed by atoms with Crippen molar-refractivity contribution in [3.05, 3.63) is 80.0 Å². The maximum atomic E-state index is 13.6. The van der Waals surface area contributed by atoms with E-state index in [9.17, 15) is 9.90 Å². The summed E-state index contributed by atoms with van der Waals surface area (Å²) in [6.07, 6.45) is 11.0. The van der Waals surface area contributed by atoms with E-state index >= 15 is 0 Å². The van der Waals surface area contributed by atoms with Crippen molar-refractivity contribution in [2.75, 3.05) is 0 Å². The van der Waals surface area contributed by atoms with Gasteiger partial charge in [-0.2, -0.15) is 0 Å². The number of carbonyl (C=O) groups excluding carboxylic acids is 1. The van der Waals surface area contributed by atoms with Gasteiger partial charge in [0.15, 0.2) is 0 Å². The van der Waals surface area contributed by atoms with Crippen LogP contribution in [0.1, 0.15) is 96.4 Å². The van der Waals surface area contributed by atoms with Gasteiger partial charge in [0.2, 0.25) is 0 Å². The second-order valence-electron chi connectivity index (χ2n) is 14.6.